The third-order valence-corrected chi connectivity index (χ3v) is 11.2. The largest absolute Gasteiger partial charge is 0.327 e. The molecule has 0 aliphatic heterocycles. The first kappa shape index (κ1) is 16.7. The summed E-state index contributed by atoms with van der Waals surface area (Å²) >= 11 is 0. The Hall–Kier alpha value is 0.354. The highest BCUT2D eigenvalue weighted by Gasteiger charge is 2.26. The lowest BCUT2D eigenvalue weighted by Gasteiger charge is -2.34. The second-order valence-corrected chi connectivity index (χ2v) is 13.5. The van der Waals surface area contributed by atoms with Crippen molar-refractivity contribution >= 4 is 19.4 Å². The van der Waals surface area contributed by atoms with E-state index in [2.05, 4.69) is 29.9 Å². The normalized spacial score (nSPS) is 24.4. The molecule has 0 aromatic heterocycles. The molecule has 0 amide bonds. The fourth-order valence-corrected chi connectivity index (χ4v) is 10.4. The fourth-order valence-electron chi connectivity index (χ4n) is 4.47. The van der Waals surface area contributed by atoms with Crippen LogP contribution in [-0.2, 0) is 0 Å². The molecule has 0 saturated heterocycles. The number of nitrogens with zero attached hydrogens (tertiary/aromatic N) is 2. The molecular formula is C16H36N2Si2. The first-order valence-electron chi connectivity index (χ1n) is 9.22. The molecule has 2 aliphatic carbocycles. The second kappa shape index (κ2) is 8.71. The van der Waals surface area contributed by atoms with Gasteiger partial charge in [0.2, 0.25) is 0 Å². The van der Waals surface area contributed by atoms with Crippen molar-refractivity contribution in [2.45, 2.75) is 89.4 Å². The van der Waals surface area contributed by atoms with Crippen molar-refractivity contribution in [3.63, 3.8) is 0 Å². The van der Waals surface area contributed by atoms with E-state index in [1.54, 1.807) is 0 Å². The zero-order chi connectivity index (χ0) is 14.4. The van der Waals surface area contributed by atoms with Crippen LogP contribution in [0.4, 0.5) is 0 Å². The third kappa shape index (κ3) is 4.68. The summed E-state index contributed by atoms with van der Waals surface area (Å²) in [6.07, 6.45) is 11.9. The topological polar surface area (TPSA) is 6.48 Å². The Morgan fingerprint density at radius 3 is 1.45 bits per heavy atom. The van der Waals surface area contributed by atoms with Gasteiger partial charge in [-0.1, -0.05) is 46.5 Å². The molecule has 0 aromatic carbocycles. The van der Waals surface area contributed by atoms with Crippen LogP contribution >= 0.6 is 0 Å². The van der Waals surface area contributed by atoms with Crippen LogP contribution in [0.3, 0.4) is 0 Å². The fraction of sp³-hybridized carbons (Fsp3) is 1.00. The van der Waals surface area contributed by atoms with E-state index in [4.69, 9.17) is 0 Å². The smallest absolute Gasteiger partial charge is 0.0962 e. The Morgan fingerprint density at radius 1 is 0.800 bits per heavy atom. The van der Waals surface area contributed by atoms with E-state index in [0.29, 0.717) is 0 Å². The molecule has 20 heavy (non-hydrogen) atoms. The van der Waals surface area contributed by atoms with Crippen molar-refractivity contribution in [2.75, 3.05) is 13.1 Å². The van der Waals surface area contributed by atoms with Crippen LogP contribution in [0.1, 0.15) is 72.1 Å². The summed E-state index contributed by atoms with van der Waals surface area (Å²) in [6.45, 7) is 10.0. The van der Waals surface area contributed by atoms with Crippen LogP contribution in [0.5, 0.6) is 0 Å². The molecule has 2 nitrogen and oxygen atoms in total. The predicted molar refractivity (Wildman–Crippen MR) is 95.8 cm³/mol. The van der Waals surface area contributed by atoms with Crippen LogP contribution in [0.15, 0.2) is 0 Å². The summed E-state index contributed by atoms with van der Waals surface area (Å²) < 4.78 is 5.88. The Kier molecular flexibility index (Phi) is 7.28. The molecule has 0 unspecified atom stereocenters. The Bertz CT molecular complexity index is 237. The molecule has 2 rings (SSSR count). The molecule has 2 fully saturated rings. The van der Waals surface area contributed by atoms with Crippen molar-refractivity contribution in [3.8, 4) is 0 Å². The van der Waals surface area contributed by atoms with E-state index in [-0.39, 0.29) is 19.4 Å². The van der Waals surface area contributed by atoms with Crippen LogP contribution in [-0.4, -0.2) is 53.7 Å². The van der Waals surface area contributed by atoms with E-state index < -0.39 is 0 Å². The Morgan fingerprint density at radius 2 is 1.15 bits per heavy atom. The number of rotatable bonds is 8. The van der Waals surface area contributed by atoms with Crippen molar-refractivity contribution in [1.82, 2.24) is 9.13 Å². The molecule has 2 aliphatic rings. The molecular weight excluding hydrogens is 276 g/mol. The van der Waals surface area contributed by atoms with Gasteiger partial charge in [-0.05, 0) is 43.9 Å². The van der Waals surface area contributed by atoms with E-state index in [9.17, 15) is 0 Å². The van der Waals surface area contributed by atoms with Crippen molar-refractivity contribution in [1.29, 1.82) is 0 Å². The van der Waals surface area contributed by atoms with Crippen molar-refractivity contribution < 1.29 is 0 Å². The summed E-state index contributed by atoms with van der Waals surface area (Å²) in [7, 11) is -0.0107. The van der Waals surface area contributed by atoms with Crippen molar-refractivity contribution in [3.05, 3.63) is 0 Å². The minimum Gasteiger partial charge on any atom is -0.327 e. The monoisotopic (exact) mass is 312 g/mol. The molecule has 0 heterocycles. The lowest BCUT2D eigenvalue weighted by molar-refractivity contribution is 0.338. The minimum atomic E-state index is -0.00536. The van der Waals surface area contributed by atoms with Gasteiger partial charge in [-0.15, -0.1) is 0 Å². The molecule has 2 saturated carbocycles. The first-order valence-corrected chi connectivity index (χ1v) is 12.1. The van der Waals surface area contributed by atoms with Gasteiger partial charge in [-0.3, -0.25) is 0 Å². The number of hydrogen-bond donors (Lipinski definition) is 0. The maximum atomic E-state index is 2.94. The maximum absolute atomic E-state index is 2.94. The second-order valence-electron chi connectivity index (χ2n) is 7.16. The maximum Gasteiger partial charge on any atom is 0.0962 e. The molecule has 118 valence electrons. The van der Waals surface area contributed by atoms with Gasteiger partial charge in [0.15, 0.2) is 0 Å². The van der Waals surface area contributed by atoms with Gasteiger partial charge in [0.25, 0.3) is 0 Å². The van der Waals surface area contributed by atoms with Gasteiger partial charge < -0.3 is 9.13 Å². The molecule has 0 N–H and O–H groups in total. The molecule has 0 spiro atoms. The SMILES string of the molecule is CCN([SiH2]C(C)[SiH2]N(CC)C1CCCC1)C1CCCC1. The lowest BCUT2D eigenvalue weighted by Crippen LogP contribution is -2.44. The highest BCUT2D eigenvalue weighted by molar-refractivity contribution is 6.55. The zero-order valence-corrected chi connectivity index (χ0v) is 16.9. The van der Waals surface area contributed by atoms with E-state index >= 15 is 0 Å². The molecule has 0 bridgehead atoms. The molecule has 0 radical (unpaired) electrons. The average Bonchev–Trinajstić information content (AvgIpc) is 3.14. The van der Waals surface area contributed by atoms with Crippen molar-refractivity contribution in [2.24, 2.45) is 0 Å². The van der Waals surface area contributed by atoms with E-state index in [1.165, 1.54) is 64.5 Å². The summed E-state index contributed by atoms with van der Waals surface area (Å²) in [4.78, 5) is 0. The van der Waals surface area contributed by atoms with Crippen LogP contribution in [0.2, 0.25) is 5.16 Å². The van der Waals surface area contributed by atoms with Gasteiger partial charge in [0.1, 0.15) is 0 Å². The highest BCUT2D eigenvalue weighted by Crippen LogP contribution is 2.26. The highest BCUT2D eigenvalue weighted by atomic mass is 28.3. The van der Waals surface area contributed by atoms with Gasteiger partial charge in [-0.2, -0.15) is 0 Å². The van der Waals surface area contributed by atoms with Crippen LogP contribution < -0.4 is 0 Å². The zero-order valence-electron chi connectivity index (χ0n) is 14.1. The molecule has 4 heteroatoms. The van der Waals surface area contributed by atoms with Gasteiger partial charge in [-0.25, -0.2) is 0 Å². The average molecular weight is 313 g/mol. The molecule has 0 atom stereocenters. The van der Waals surface area contributed by atoms with Gasteiger partial charge >= 0.3 is 0 Å². The van der Waals surface area contributed by atoms with E-state index in [0.717, 1.165) is 17.2 Å². The Labute approximate surface area is 131 Å². The third-order valence-electron chi connectivity index (χ3n) is 5.59. The summed E-state index contributed by atoms with van der Waals surface area (Å²) in [5.74, 6) is 0. The first-order chi connectivity index (χ1) is 9.74. The lowest BCUT2D eigenvalue weighted by atomic mass is 10.2. The van der Waals surface area contributed by atoms with E-state index in [1.807, 2.05) is 0 Å². The van der Waals surface area contributed by atoms with Crippen LogP contribution in [0, 0.1) is 0 Å². The quantitative estimate of drug-likeness (QED) is 0.635. The standard InChI is InChI=1S/C16H36N2Si2/c1-4-17(15-10-6-7-11-15)19-14(3)20-18(5-2)16-12-8-9-13-16/h14-16H,4-13,19-20H2,1-3H3. The molecule has 0 aromatic rings. The van der Waals surface area contributed by atoms with Gasteiger partial charge in [0.05, 0.1) is 19.4 Å². The van der Waals surface area contributed by atoms with Gasteiger partial charge in [0, 0.05) is 12.1 Å². The minimum absolute atomic E-state index is 0.00536. The summed E-state index contributed by atoms with van der Waals surface area (Å²) in [5, 5.41) is 1.09. The Balaban J connectivity index is 1.78. The van der Waals surface area contributed by atoms with Crippen LogP contribution in [0.25, 0.3) is 0 Å². The predicted octanol–water partition coefficient (Wildman–Crippen LogP) is 2.45. The summed E-state index contributed by atoms with van der Waals surface area (Å²) in [6, 6.07) is 1.95. The number of hydrogen-bond acceptors (Lipinski definition) is 2. The summed E-state index contributed by atoms with van der Waals surface area (Å²) in [5.41, 5.74) is 0.